The summed E-state index contributed by atoms with van der Waals surface area (Å²) in [7, 11) is 1.60. The third-order valence-corrected chi connectivity index (χ3v) is 4.01. The van der Waals surface area contributed by atoms with E-state index in [0.717, 1.165) is 18.5 Å². The normalized spacial score (nSPS) is 21.9. The standard InChI is InChI=1S/C14H18N4O2/c1-15-13(19)12-9-17(8-11-6-7-16-18(11)12)14(20)10-4-2-3-5-10/h2-3,6-7,10,12H,4-5,8-9H2,1H3,(H,15,19)/t12-/m1/s1. The molecule has 0 saturated carbocycles. The topological polar surface area (TPSA) is 67.2 Å². The van der Waals surface area contributed by atoms with Crippen LogP contribution in [0.1, 0.15) is 24.6 Å². The zero-order valence-electron chi connectivity index (χ0n) is 11.5. The fraction of sp³-hybridized carbons (Fsp3) is 0.500. The lowest BCUT2D eigenvalue weighted by molar-refractivity contribution is -0.138. The van der Waals surface area contributed by atoms with Crippen molar-refractivity contribution in [2.75, 3.05) is 13.6 Å². The van der Waals surface area contributed by atoms with Gasteiger partial charge in [-0.2, -0.15) is 5.10 Å². The van der Waals surface area contributed by atoms with Crippen molar-refractivity contribution in [1.29, 1.82) is 0 Å². The molecule has 1 N–H and O–H groups in total. The first-order valence-corrected chi connectivity index (χ1v) is 6.88. The molecule has 6 heteroatoms. The Bertz CT molecular complexity index is 555. The number of aromatic nitrogens is 2. The summed E-state index contributed by atoms with van der Waals surface area (Å²) in [5, 5.41) is 6.85. The molecule has 2 heterocycles. The Hall–Kier alpha value is -2.11. The molecule has 1 aromatic heterocycles. The van der Waals surface area contributed by atoms with Gasteiger partial charge in [0.1, 0.15) is 6.04 Å². The van der Waals surface area contributed by atoms with E-state index >= 15 is 0 Å². The van der Waals surface area contributed by atoms with Crippen molar-refractivity contribution >= 4 is 11.8 Å². The number of allylic oxidation sites excluding steroid dienone is 2. The van der Waals surface area contributed by atoms with Crippen LogP contribution in [0.2, 0.25) is 0 Å². The number of rotatable bonds is 2. The number of likely N-dealkylation sites (N-methyl/N-ethyl adjacent to an activating group) is 1. The van der Waals surface area contributed by atoms with E-state index in [1.165, 1.54) is 0 Å². The summed E-state index contributed by atoms with van der Waals surface area (Å²) in [6.07, 6.45) is 7.38. The van der Waals surface area contributed by atoms with Crippen LogP contribution in [0, 0.1) is 5.92 Å². The maximum atomic E-state index is 12.5. The van der Waals surface area contributed by atoms with E-state index in [-0.39, 0.29) is 17.7 Å². The summed E-state index contributed by atoms with van der Waals surface area (Å²) >= 11 is 0. The predicted molar refractivity (Wildman–Crippen MR) is 72.6 cm³/mol. The molecule has 0 spiro atoms. The van der Waals surface area contributed by atoms with Crippen LogP contribution < -0.4 is 5.32 Å². The van der Waals surface area contributed by atoms with Gasteiger partial charge in [-0.1, -0.05) is 12.2 Å². The molecule has 1 aliphatic carbocycles. The van der Waals surface area contributed by atoms with Gasteiger partial charge in [-0.25, -0.2) is 0 Å². The molecular weight excluding hydrogens is 256 g/mol. The zero-order chi connectivity index (χ0) is 14.1. The Morgan fingerprint density at radius 1 is 1.35 bits per heavy atom. The molecule has 1 aliphatic heterocycles. The molecule has 106 valence electrons. The van der Waals surface area contributed by atoms with Gasteiger partial charge in [0.15, 0.2) is 0 Å². The largest absolute Gasteiger partial charge is 0.357 e. The highest BCUT2D eigenvalue weighted by atomic mass is 16.2. The Labute approximate surface area is 117 Å². The predicted octanol–water partition coefficient (Wildman–Crippen LogP) is 0.479. The maximum absolute atomic E-state index is 12.5. The lowest BCUT2D eigenvalue weighted by atomic mass is 10.0. The Kier molecular flexibility index (Phi) is 3.30. The average molecular weight is 274 g/mol. The van der Waals surface area contributed by atoms with Crippen molar-refractivity contribution < 1.29 is 9.59 Å². The highest BCUT2D eigenvalue weighted by Gasteiger charge is 2.34. The van der Waals surface area contributed by atoms with Crippen LogP contribution in [0.25, 0.3) is 0 Å². The number of fused-ring (bicyclic) bond motifs is 1. The molecule has 6 nitrogen and oxygen atoms in total. The van der Waals surface area contributed by atoms with E-state index in [9.17, 15) is 9.59 Å². The van der Waals surface area contributed by atoms with Gasteiger partial charge in [-0.3, -0.25) is 14.3 Å². The second kappa shape index (κ2) is 5.11. The van der Waals surface area contributed by atoms with Gasteiger partial charge in [0.2, 0.25) is 11.8 Å². The summed E-state index contributed by atoms with van der Waals surface area (Å²) in [6.45, 7) is 0.923. The van der Waals surface area contributed by atoms with E-state index in [1.54, 1.807) is 22.8 Å². The number of nitrogens with one attached hydrogen (secondary N) is 1. The molecule has 0 fully saturated rings. The molecule has 3 rings (SSSR count). The zero-order valence-corrected chi connectivity index (χ0v) is 11.5. The van der Waals surface area contributed by atoms with Crippen LogP contribution in [0.4, 0.5) is 0 Å². The summed E-state index contributed by atoms with van der Waals surface area (Å²) in [6, 6.07) is 1.43. The summed E-state index contributed by atoms with van der Waals surface area (Å²) in [4.78, 5) is 26.3. The van der Waals surface area contributed by atoms with Gasteiger partial charge < -0.3 is 10.2 Å². The van der Waals surface area contributed by atoms with Gasteiger partial charge in [0, 0.05) is 19.2 Å². The summed E-state index contributed by atoms with van der Waals surface area (Å²) in [5.41, 5.74) is 0.907. The number of hydrogen-bond donors (Lipinski definition) is 1. The van der Waals surface area contributed by atoms with Crippen LogP contribution in [-0.2, 0) is 16.1 Å². The van der Waals surface area contributed by atoms with Crippen molar-refractivity contribution in [1.82, 2.24) is 20.0 Å². The Balaban J connectivity index is 1.82. The third kappa shape index (κ3) is 2.11. The second-order valence-corrected chi connectivity index (χ2v) is 5.26. The lowest BCUT2D eigenvalue weighted by Crippen LogP contribution is -2.47. The van der Waals surface area contributed by atoms with E-state index in [1.807, 2.05) is 18.2 Å². The van der Waals surface area contributed by atoms with E-state index in [0.29, 0.717) is 13.1 Å². The van der Waals surface area contributed by atoms with Crippen molar-refractivity contribution in [3.05, 3.63) is 30.1 Å². The first-order valence-electron chi connectivity index (χ1n) is 6.88. The number of hydrogen-bond acceptors (Lipinski definition) is 3. The molecular formula is C14H18N4O2. The SMILES string of the molecule is CNC(=O)[C@H]1CN(C(=O)C2CC=CC2)Cc2ccnn21. The molecule has 0 saturated heterocycles. The number of amides is 2. The van der Waals surface area contributed by atoms with Crippen molar-refractivity contribution in [2.24, 2.45) is 5.92 Å². The number of carbonyl (C=O) groups is 2. The highest BCUT2D eigenvalue weighted by Crippen LogP contribution is 2.26. The van der Waals surface area contributed by atoms with Gasteiger partial charge >= 0.3 is 0 Å². The Morgan fingerprint density at radius 3 is 2.80 bits per heavy atom. The first-order chi connectivity index (χ1) is 9.70. The molecule has 2 aliphatic rings. The summed E-state index contributed by atoms with van der Waals surface area (Å²) < 4.78 is 1.72. The smallest absolute Gasteiger partial charge is 0.246 e. The van der Waals surface area contributed by atoms with Gasteiger partial charge in [-0.05, 0) is 18.9 Å². The van der Waals surface area contributed by atoms with Gasteiger partial charge in [-0.15, -0.1) is 0 Å². The van der Waals surface area contributed by atoms with Gasteiger partial charge in [0.25, 0.3) is 0 Å². The molecule has 0 radical (unpaired) electrons. The minimum absolute atomic E-state index is 0.0369. The van der Waals surface area contributed by atoms with Crippen LogP contribution >= 0.6 is 0 Å². The summed E-state index contributed by atoms with van der Waals surface area (Å²) in [5.74, 6) is 0.0585. The van der Waals surface area contributed by atoms with E-state index in [2.05, 4.69) is 10.4 Å². The molecule has 20 heavy (non-hydrogen) atoms. The minimum atomic E-state index is -0.433. The number of carbonyl (C=O) groups excluding carboxylic acids is 2. The Morgan fingerprint density at radius 2 is 2.10 bits per heavy atom. The lowest BCUT2D eigenvalue weighted by Gasteiger charge is -2.34. The van der Waals surface area contributed by atoms with Crippen molar-refractivity contribution in [3.63, 3.8) is 0 Å². The van der Waals surface area contributed by atoms with Crippen LogP contribution in [0.15, 0.2) is 24.4 Å². The fourth-order valence-electron chi connectivity index (χ4n) is 2.90. The molecule has 1 aromatic rings. The monoisotopic (exact) mass is 274 g/mol. The van der Waals surface area contributed by atoms with E-state index < -0.39 is 6.04 Å². The minimum Gasteiger partial charge on any atom is -0.357 e. The maximum Gasteiger partial charge on any atom is 0.246 e. The van der Waals surface area contributed by atoms with Crippen molar-refractivity contribution in [2.45, 2.75) is 25.4 Å². The molecule has 0 unspecified atom stereocenters. The van der Waals surface area contributed by atoms with Crippen LogP contribution in [0.3, 0.4) is 0 Å². The van der Waals surface area contributed by atoms with Gasteiger partial charge in [0.05, 0.1) is 18.8 Å². The number of nitrogens with zero attached hydrogens (tertiary/aromatic N) is 3. The first kappa shape index (κ1) is 12.9. The van der Waals surface area contributed by atoms with Crippen LogP contribution in [0.5, 0.6) is 0 Å². The van der Waals surface area contributed by atoms with Crippen LogP contribution in [-0.4, -0.2) is 40.1 Å². The molecule has 1 atom stereocenters. The van der Waals surface area contributed by atoms with E-state index in [4.69, 9.17) is 0 Å². The average Bonchev–Trinajstić information content (AvgIpc) is 3.15. The van der Waals surface area contributed by atoms with Crippen molar-refractivity contribution in [3.8, 4) is 0 Å². The second-order valence-electron chi connectivity index (χ2n) is 5.26. The molecule has 2 amide bonds. The quantitative estimate of drug-likeness (QED) is 0.798. The molecule has 0 bridgehead atoms. The highest BCUT2D eigenvalue weighted by molar-refractivity contribution is 5.83. The fourth-order valence-corrected chi connectivity index (χ4v) is 2.90. The molecule has 0 aromatic carbocycles. The third-order valence-electron chi connectivity index (χ3n) is 4.01.